The van der Waals surface area contributed by atoms with Crippen LogP contribution in [0.4, 0.5) is 0 Å². The van der Waals surface area contributed by atoms with Crippen LogP contribution in [0.15, 0.2) is 5.16 Å². The van der Waals surface area contributed by atoms with E-state index in [1.165, 1.54) is 0 Å². The summed E-state index contributed by atoms with van der Waals surface area (Å²) in [5.41, 5.74) is -0.811. The molecule has 0 saturated carbocycles. The van der Waals surface area contributed by atoms with Crippen LogP contribution in [-0.4, -0.2) is 43.3 Å². The molecule has 1 heterocycles. The van der Waals surface area contributed by atoms with Crippen LogP contribution in [0.3, 0.4) is 0 Å². The molecule has 6 nitrogen and oxygen atoms in total. The average Bonchev–Trinajstić information content (AvgIpc) is 2.70. The number of aliphatic carboxylic acids is 1. The number of rotatable bonds is 5. The maximum absolute atomic E-state index is 10.7. The van der Waals surface area contributed by atoms with E-state index in [-0.39, 0.29) is 17.9 Å². The van der Waals surface area contributed by atoms with Gasteiger partial charge in [0.1, 0.15) is 5.82 Å². The van der Waals surface area contributed by atoms with Crippen LogP contribution in [0.2, 0.25) is 0 Å². The van der Waals surface area contributed by atoms with Crippen molar-refractivity contribution in [3.8, 4) is 0 Å². The minimum Gasteiger partial charge on any atom is -0.481 e. The van der Waals surface area contributed by atoms with Gasteiger partial charge in [0, 0.05) is 11.0 Å². The topological polar surface area (TPSA) is 88.2 Å². The van der Waals surface area contributed by atoms with Crippen molar-refractivity contribution in [3.63, 3.8) is 0 Å². The van der Waals surface area contributed by atoms with E-state index in [2.05, 4.69) is 10.2 Å². The van der Waals surface area contributed by atoms with Gasteiger partial charge in [0.15, 0.2) is 5.16 Å². The van der Waals surface area contributed by atoms with E-state index >= 15 is 0 Å². The van der Waals surface area contributed by atoms with Crippen molar-refractivity contribution in [2.24, 2.45) is 0 Å². The third-order valence-corrected chi connectivity index (χ3v) is 3.54. The van der Waals surface area contributed by atoms with Gasteiger partial charge >= 0.3 is 5.97 Å². The molecule has 0 amide bonds. The number of aliphatic hydroxyl groups is 1. The van der Waals surface area contributed by atoms with E-state index in [0.717, 1.165) is 11.8 Å². The first kappa shape index (κ1) is 16.0. The fourth-order valence-corrected chi connectivity index (χ4v) is 2.44. The molecule has 1 rings (SSSR count). The van der Waals surface area contributed by atoms with Crippen molar-refractivity contribution in [2.45, 2.75) is 50.7 Å². The Balaban J connectivity index is 3.24. The molecule has 108 valence electrons. The Hall–Kier alpha value is -1.08. The van der Waals surface area contributed by atoms with Gasteiger partial charge < -0.3 is 14.8 Å². The van der Waals surface area contributed by atoms with E-state index in [4.69, 9.17) is 5.11 Å². The van der Waals surface area contributed by atoms with E-state index in [1.54, 1.807) is 0 Å². The van der Waals surface area contributed by atoms with Gasteiger partial charge in [0.05, 0.1) is 12.4 Å². The normalized spacial score (nSPS) is 12.7. The standard InChI is InChI=1S/C12H21N3O3S/c1-11(2,3)15-9(12(4,5)7-16)13-14-10(15)19-6-8(17)18/h16H,6-7H2,1-5H3,(H,17,18). The van der Waals surface area contributed by atoms with Crippen LogP contribution in [0.1, 0.15) is 40.4 Å². The van der Waals surface area contributed by atoms with Crippen LogP contribution in [0.25, 0.3) is 0 Å². The molecule has 0 aliphatic carbocycles. The van der Waals surface area contributed by atoms with E-state index in [1.807, 2.05) is 39.2 Å². The Morgan fingerprint density at radius 3 is 2.26 bits per heavy atom. The number of hydrogen-bond donors (Lipinski definition) is 2. The maximum atomic E-state index is 10.7. The number of carbonyl (C=O) groups is 1. The molecule has 19 heavy (non-hydrogen) atoms. The van der Waals surface area contributed by atoms with Crippen molar-refractivity contribution >= 4 is 17.7 Å². The fourth-order valence-electron chi connectivity index (χ4n) is 1.60. The van der Waals surface area contributed by atoms with Gasteiger partial charge in [-0.25, -0.2) is 0 Å². The third-order valence-electron chi connectivity index (χ3n) is 2.63. The van der Waals surface area contributed by atoms with Crippen LogP contribution in [0, 0.1) is 0 Å². The lowest BCUT2D eigenvalue weighted by Gasteiger charge is -2.30. The zero-order valence-electron chi connectivity index (χ0n) is 12.0. The molecule has 0 radical (unpaired) electrons. The van der Waals surface area contributed by atoms with Gasteiger partial charge in [0.25, 0.3) is 0 Å². The Morgan fingerprint density at radius 2 is 1.84 bits per heavy atom. The van der Waals surface area contributed by atoms with E-state index in [9.17, 15) is 9.90 Å². The molecule has 0 unspecified atom stereocenters. The number of nitrogens with zero attached hydrogens (tertiary/aromatic N) is 3. The number of thioether (sulfide) groups is 1. The summed E-state index contributed by atoms with van der Waals surface area (Å²) in [7, 11) is 0. The monoisotopic (exact) mass is 287 g/mol. The van der Waals surface area contributed by atoms with Crippen LogP contribution < -0.4 is 0 Å². The zero-order chi connectivity index (χ0) is 14.8. The summed E-state index contributed by atoms with van der Waals surface area (Å²) < 4.78 is 1.90. The summed E-state index contributed by atoms with van der Waals surface area (Å²) in [6.45, 7) is 9.70. The number of hydrogen-bond acceptors (Lipinski definition) is 5. The number of carboxylic acid groups (broad SMARTS) is 1. The number of aliphatic hydroxyl groups excluding tert-OH is 1. The molecule has 0 bridgehead atoms. The summed E-state index contributed by atoms with van der Waals surface area (Å²) in [6.07, 6.45) is 0. The van der Waals surface area contributed by atoms with Crippen LogP contribution in [0.5, 0.6) is 0 Å². The third kappa shape index (κ3) is 3.70. The first-order valence-electron chi connectivity index (χ1n) is 6.01. The van der Waals surface area contributed by atoms with Crippen LogP contribution in [-0.2, 0) is 15.7 Å². The lowest BCUT2D eigenvalue weighted by Crippen LogP contribution is -2.33. The molecular formula is C12H21N3O3S. The Bertz CT molecular complexity index is 463. The fraction of sp³-hybridized carbons (Fsp3) is 0.750. The average molecular weight is 287 g/mol. The lowest BCUT2D eigenvalue weighted by molar-refractivity contribution is -0.133. The number of carboxylic acids is 1. The van der Waals surface area contributed by atoms with E-state index in [0.29, 0.717) is 11.0 Å². The highest BCUT2D eigenvalue weighted by Crippen LogP contribution is 2.31. The maximum Gasteiger partial charge on any atom is 0.313 e. The Morgan fingerprint density at radius 1 is 1.26 bits per heavy atom. The molecule has 0 spiro atoms. The first-order valence-corrected chi connectivity index (χ1v) is 7.00. The smallest absolute Gasteiger partial charge is 0.313 e. The SMILES string of the molecule is CC(C)(CO)c1nnc(SCC(=O)O)n1C(C)(C)C. The molecule has 2 N–H and O–H groups in total. The Labute approximate surface area is 117 Å². The van der Waals surface area contributed by atoms with Crippen LogP contribution >= 0.6 is 11.8 Å². The summed E-state index contributed by atoms with van der Waals surface area (Å²) in [5, 5.41) is 27.0. The molecule has 0 aliphatic heterocycles. The predicted octanol–water partition coefficient (Wildman–Crippen LogP) is 1.48. The highest BCUT2D eigenvalue weighted by Gasteiger charge is 2.32. The van der Waals surface area contributed by atoms with Gasteiger partial charge in [-0.05, 0) is 20.8 Å². The number of aromatic nitrogens is 3. The van der Waals surface area contributed by atoms with Crippen molar-refractivity contribution < 1.29 is 15.0 Å². The van der Waals surface area contributed by atoms with Crippen molar-refractivity contribution in [1.82, 2.24) is 14.8 Å². The lowest BCUT2D eigenvalue weighted by atomic mass is 9.92. The molecule has 0 aromatic carbocycles. The minimum absolute atomic E-state index is 0.0508. The second-order valence-electron chi connectivity index (χ2n) is 6.04. The molecular weight excluding hydrogens is 266 g/mol. The second-order valence-corrected chi connectivity index (χ2v) is 6.98. The summed E-state index contributed by atoms with van der Waals surface area (Å²) in [6, 6.07) is 0. The first-order chi connectivity index (χ1) is 8.59. The van der Waals surface area contributed by atoms with Gasteiger partial charge in [-0.3, -0.25) is 4.79 Å². The highest BCUT2D eigenvalue weighted by molar-refractivity contribution is 7.99. The largest absolute Gasteiger partial charge is 0.481 e. The highest BCUT2D eigenvalue weighted by atomic mass is 32.2. The van der Waals surface area contributed by atoms with Gasteiger partial charge in [-0.1, -0.05) is 25.6 Å². The molecule has 1 aromatic rings. The second kappa shape index (κ2) is 5.50. The van der Waals surface area contributed by atoms with Gasteiger partial charge in [-0.2, -0.15) is 0 Å². The molecule has 0 fully saturated rings. The molecule has 1 aromatic heterocycles. The molecule has 0 saturated heterocycles. The molecule has 7 heteroatoms. The van der Waals surface area contributed by atoms with Gasteiger partial charge in [0.2, 0.25) is 0 Å². The quantitative estimate of drug-likeness (QED) is 0.797. The van der Waals surface area contributed by atoms with Gasteiger partial charge in [-0.15, -0.1) is 10.2 Å². The Kier molecular flexibility index (Phi) is 4.63. The summed E-state index contributed by atoms with van der Waals surface area (Å²) in [4.78, 5) is 10.7. The van der Waals surface area contributed by atoms with Crippen molar-refractivity contribution in [1.29, 1.82) is 0 Å². The zero-order valence-corrected chi connectivity index (χ0v) is 12.8. The van der Waals surface area contributed by atoms with Crippen molar-refractivity contribution in [2.75, 3.05) is 12.4 Å². The molecule has 0 atom stereocenters. The molecule has 0 aliphatic rings. The predicted molar refractivity (Wildman–Crippen MR) is 73.5 cm³/mol. The van der Waals surface area contributed by atoms with Crippen molar-refractivity contribution in [3.05, 3.63) is 5.82 Å². The summed E-state index contributed by atoms with van der Waals surface area (Å²) in [5.74, 6) is -0.292. The minimum atomic E-state index is -0.892. The summed E-state index contributed by atoms with van der Waals surface area (Å²) >= 11 is 1.14. The van der Waals surface area contributed by atoms with E-state index < -0.39 is 11.4 Å².